The first kappa shape index (κ1) is 24.7. The molecule has 1 aliphatic rings. The Bertz CT molecular complexity index is 1090. The maximum absolute atomic E-state index is 14.6. The first-order valence-corrected chi connectivity index (χ1v) is 12.0. The molecule has 0 bridgehead atoms. The second-order valence-corrected chi connectivity index (χ2v) is 10.1. The summed E-state index contributed by atoms with van der Waals surface area (Å²) < 4.78 is 32.6. The molecule has 0 spiro atoms. The lowest BCUT2D eigenvalue weighted by Gasteiger charge is -2.29. The van der Waals surface area contributed by atoms with Crippen molar-refractivity contribution in [3.8, 4) is 0 Å². The normalized spacial score (nSPS) is 21.1. The van der Waals surface area contributed by atoms with E-state index in [1.54, 1.807) is 32.9 Å². The fraction of sp³-hybridized carbons (Fsp3) is 0.391. The molecule has 0 amide bonds. The number of ether oxygens (including phenoxy) is 1. The third-order valence-electron chi connectivity index (χ3n) is 5.77. The summed E-state index contributed by atoms with van der Waals surface area (Å²) in [6.45, 7) is 6.14. The van der Waals surface area contributed by atoms with Crippen LogP contribution < -0.4 is 0 Å². The molecule has 0 saturated carbocycles. The molecule has 0 fully saturated rings. The zero-order valence-electron chi connectivity index (χ0n) is 18.4. The van der Waals surface area contributed by atoms with Crippen LogP contribution in [0, 0.1) is 33.6 Å². The minimum atomic E-state index is -1.79. The molecular formula is C23H24Cl2FNO4S. The first-order valence-electron chi connectivity index (χ1n) is 9.88. The smallest absolute Gasteiger partial charge is 0.319 e. The fourth-order valence-corrected chi connectivity index (χ4v) is 5.69. The molecule has 1 heterocycles. The van der Waals surface area contributed by atoms with Gasteiger partial charge in [0.05, 0.1) is 23.7 Å². The van der Waals surface area contributed by atoms with Gasteiger partial charge in [-0.05, 0) is 56.5 Å². The summed E-state index contributed by atoms with van der Waals surface area (Å²) >= 11 is 12.9. The van der Waals surface area contributed by atoms with E-state index in [1.807, 2.05) is 19.1 Å². The summed E-state index contributed by atoms with van der Waals surface area (Å²) in [6.07, 6.45) is 0. The van der Waals surface area contributed by atoms with Gasteiger partial charge in [0, 0.05) is 20.5 Å². The van der Waals surface area contributed by atoms with Gasteiger partial charge in [0.15, 0.2) is 5.60 Å². The standard InChI is InChI=1S/C23H24Cl2FNO4S/c1-12-6-8-16(9-7-12)32(29)11-23(10-26)18(22(28)30-5)21(27-31-23)17-13(2)19(24)15(4)20(25)14(17)3/h6-9,18H,10-11H2,1-5H3/t18-,23+,32?/m0/s1. The van der Waals surface area contributed by atoms with E-state index in [2.05, 4.69) is 5.16 Å². The van der Waals surface area contributed by atoms with Crippen LogP contribution in [0.3, 0.4) is 0 Å². The third-order valence-corrected chi connectivity index (χ3v) is 8.45. The molecule has 172 valence electrons. The van der Waals surface area contributed by atoms with E-state index in [0.29, 0.717) is 37.2 Å². The van der Waals surface area contributed by atoms with Gasteiger partial charge in [-0.1, -0.05) is 46.1 Å². The van der Waals surface area contributed by atoms with Gasteiger partial charge in [-0.25, -0.2) is 4.39 Å². The number of nitrogens with zero attached hydrogens (tertiary/aromatic N) is 1. The van der Waals surface area contributed by atoms with Gasteiger partial charge in [-0.2, -0.15) is 0 Å². The van der Waals surface area contributed by atoms with Crippen molar-refractivity contribution >= 4 is 45.7 Å². The van der Waals surface area contributed by atoms with E-state index in [0.717, 1.165) is 5.56 Å². The van der Waals surface area contributed by atoms with Crippen molar-refractivity contribution in [1.82, 2.24) is 0 Å². The monoisotopic (exact) mass is 499 g/mol. The number of benzene rings is 2. The van der Waals surface area contributed by atoms with Crippen LogP contribution in [-0.4, -0.2) is 41.0 Å². The molecule has 32 heavy (non-hydrogen) atoms. The second kappa shape index (κ2) is 9.49. The molecule has 9 heteroatoms. The van der Waals surface area contributed by atoms with Crippen molar-refractivity contribution in [2.75, 3.05) is 19.5 Å². The molecule has 0 radical (unpaired) electrons. The highest BCUT2D eigenvalue weighted by atomic mass is 35.5. The maximum atomic E-state index is 14.6. The lowest BCUT2D eigenvalue weighted by molar-refractivity contribution is -0.151. The minimum Gasteiger partial charge on any atom is -0.468 e. The van der Waals surface area contributed by atoms with Crippen LogP contribution in [0.1, 0.15) is 27.8 Å². The number of alkyl halides is 1. The fourth-order valence-electron chi connectivity index (χ4n) is 3.92. The Morgan fingerprint density at radius 2 is 1.69 bits per heavy atom. The molecule has 0 aromatic heterocycles. The van der Waals surface area contributed by atoms with Crippen LogP contribution in [0.15, 0.2) is 34.3 Å². The number of esters is 1. The zero-order valence-corrected chi connectivity index (χ0v) is 20.8. The number of aryl methyl sites for hydroxylation is 1. The summed E-state index contributed by atoms with van der Waals surface area (Å²) in [7, 11) is -0.451. The van der Waals surface area contributed by atoms with Gasteiger partial charge in [0.2, 0.25) is 0 Å². The molecule has 5 nitrogen and oxygen atoms in total. The van der Waals surface area contributed by atoms with Crippen LogP contribution >= 0.6 is 23.2 Å². The van der Waals surface area contributed by atoms with Crippen molar-refractivity contribution in [3.05, 3.63) is 62.1 Å². The number of methoxy groups -OCH3 is 1. The summed E-state index contributed by atoms with van der Waals surface area (Å²) in [5.74, 6) is -2.28. The van der Waals surface area contributed by atoms with E-state index in [9.17, 15) is 13.4 Å². The molecule has 2 aromatic carbocycles. The highest BCUT2D eigenvalue weighted by Crippen LogP contribution is 2.41. The van der Waals surface area contributed by atoms with Gasteiger partial charge in [-0.3, -0.25) is 9.00 Å². The molecule has 3 rings (SSSR count). The molecule has 0 aliphatic carbocycles. The largest absolute Gasteiger partial charge is 0.468 e. The van der Waals surface area contributed by atoms with Crippen LogP contribution in [0.5, 0.6) is 0 Å². The average Bonchev–Trinajstić information content (AvgIpc) is 3.15. The molecule has 0 saturated heterocycles. The Morgan fingerprint density at radius 1 is 1.12 bits per heavy atom. The Morgan fingerprint density at radius 3 is 2.19 bits per heavy atom. The predicted molar refractivity (Wildman–Crippen MR) is 125 cm³/mol. The number of carbonyl (C=O) groups excluding carboxylic acids is 1. The van der Waals surface area contributed by atoms with Crippen LogP contribution in [0.2, 0.25) is 10.0 Å². The van der Waals surface area contributed by atoms with Crippen molar-refractivity contribution in [3.63, 3.8) is 0 Å². The van der Waals surface area contributed by atoms with E-state index < -0.39 is 35.0 Å². The lowest BCUT2D eigenvalue weighted by Crippen LogP contribution is -2.50. The Labute approximate surface area is 199 Å². The molecular weight excluding hydrogens is 476 g/mol. The third kappa shape index (κ3) is 4.18. The average molecular weight is 500 g/mol. The highest BCUT2D eigenvalue weighted by Gasteiger charge is 2.56. The summed E-state index contributed by atoms with van der Waals surface area (Å²) in [5, 5.41) is 4.94. The second-order valence-electron chi connectivity index (χ2n) is 7.90. The predicted octanol–water partition coefficient (Wildman–Crippen LogP) is 5.27. The van der Waals surface area contributed by atoms with Gasteiger partial charge in [0.25, 0.3) is 0 Å². The van der Waals surface area contributed by atoms with Gasteiger partial charge in [0.1, 0.15) is 18.3 Å². The van der Waals surface area contributed by atoms with Crippen LogP contribution in [0.25, 0.3) is 0 Å². The topological polar surface area (TPSA) is 65.0 Å². The number of halogens is 3. The quantitative estimate of drug-likeness (QED) is 0.508. The van der Waals surface area contributed by atoms with E-state index in [4.69, 9.17) is 32.8 Å². The van der Waals surface area contributed by atoms with Crippen molar-refractivity contribution in [2.45, 2.75) is 38.2 Å². The minimum absolute atomic E-state index is 0.161. The summed E-state index contributed by atoms with van der Waals surface area (Å²) in [6, 6.07) is 7.03. The number of hydrogen-bond donors (Lipinski definition) is 0. The van der Waals surface area contributed by atoms with Crippen molar-refractivity contribution in [2.24, 2.45) is 11.1 Å². The van der Waals surface area contributed by atoms with Crippen molar-refractivity contribution in [1.29, 1.82) is 0 Å². The first-order chi connectivity index (χ1) is 15.1. The van der Waals surface area contributed by atoms with E-state index >= 15 is 0 Å². The van der Waals surface area contributed by atoms with Gasteiger partial charge in [-0.15, -0.1) is 0 Å². The van der Waals surface area contributed by atoms with Gasteiger partial charge < -0.3 is 9.57 Å². The Hall–Kier alpha value is -1.96. The number of rotatable bonds is 6. The molecule has 0 N–H and O–H groups in total. The summed E-state index contributed by atoms with van der Waals surface area (Å²) in [5.41, 5.74) is 1.83. The van der Waals surface area contributed by atoms with Crippen LogP contribution in [-0.2, 0) is 25.2 Å². The molecule has 1 aliphatic heterocycles. The summed E-state index contributed by atoms with van der Waals surface area (Å²) in [4.78, 5) is 18.9. The SMILES string of the molecule is COC(=O)[C@@H]1C(c2c(C)c(Cl)c(C)c(Cl)c2C)=NO[C@]1(CF)CS(=O)c1ccc(C)cc1. The van der Waals surface area contributed by atoms with Crippen molar-refractivity contribution < 1.29 is 23.0 Å². The molecule has 3 atom stereocenters. The van der Waals surface area contributed by atoms with Crippen LogP contribution in [0.4, 0.5) is 4.39 Å². The van der Waals surface area contributed by atoms with Gasteiger partial charge >= 0.3 is 5.97 Å². The molecule has 2 aromatic rings. The highest BCUT2D eigenvalue weighted by molar-refractivity contribution is 7.85. The zero-order chi connectivity index (χ0) is 23.8. The van der Waals surface area contributed by atoms with E-state index in [-0.39, 0.29) is 11.5 Å². The number of carbonyl (C=O) groups is 1. The molecule has 1 unspecified atom stereocenters. The number of hydrogen-bond acceptors (Lipinski definition) is 5. The lowest BCUT2D eigenvalue weighted by atomic mass is 9.81. The Balaban J connectivity index is 2.09. The number of oxime groups is 1. The van der Waals surface area contributed by atoms with E-state index in [1.165, 1.54) is 7.11 Å². The maximum Gasteiger partial charge on any atom is 0.319 e. The Kier molecular flexibility index (Phi) is 7.32.